The van der Waals surface area contributed by atoms with Crippen molar-refractivity contribution in [3.05, 3.63) is 18.2 Å². The number of nitrogens with two attached hydrogens (primary N) is 1. The van der Waals surface area contributed by atoms with Gasteiger partial charge in [-0.05, 0) is 12.8 Å². The highest BCUT2D eigenvalue weighted by Gasteiger charge is 2.20. The van der Waals surface area contributed by atoms with Gasteiger partial charge in [-0.15, -0.1) is 0 Å². The number of nitrogens with zero attached hydrogens (tertiary/aromatic N) is 3. The SMILES string of the molecule is CCC(CC)N(C)C(=O)c1cn(CCN)cn1. The van der Waals surface area contributed by atoms with Crippen molar-refractivity contribution in [1.82, 2.24) is 14.5 Å². The Kier molecular flexibility index (Phi) is 5.15. The fourth-order valence-electron chi connectivity index (χ4n) is 1.92. The molecule has 0 saturated heterocycles. The molecule has 0 aliphatic rings. The van der Waals surface area contributed by atoms with Gasteiger partial charge in [-0.1, -0.05) is 13.8 Å². The summed E-state index contributed by atoms with van der Waals surface area (Å²) in [6, 6.07) is 0.280. The monoisotopic (exact) mass is 238 g/mol. The highest BCUT2D eigenvalue weighted by atomic mass is 16.2. The molecule has 0 unspecified atom stereocenters. The topological polar surface area (TPSA) is 64.2 Å². The molecule has 1 aromatic heterocycles. The van der Waals surface area contributed by atoms with Crippen molar-refractivity contribution in [2.24, 2.45) is 5.73 Å². The van der Waals surface area contributed by atoms with E-state index in [1.165, 1.54) is 0 Å². The second-order valence-corrected chi connectivity index (χ2v) is 4.17. The molecule has 96 valence electrons. The van der Waals surface area contributed by atoms with Crippen LogP contribution < -0.4 is 5.73 Å². The van der Waals surface area contributed by atoms with Gasteiger partial charge in [0.2, 0.25) is 0 Å². The summed E-state index contributed by atoms with van der Waals surface area (Å²) in [6.45, 7) is 5.41. The molecule has 0 aliphatic heterocycles. The van der Waals surface area contributed by atoms with Crippen LogP contribution in [-0.2, 0) is 6.54 Å². The number of hydrogen-bond donors (Lipinski definition) is 1. The van der Waals surface area contributed by atoms with Crippen molar-refractivity contribution in [3.8, 4) is 0 Å². The molecule has 0 aliphatic carbocycles. The van der Waals surface area contributed by atoms with Crippen LogP contribution in [0.5, 0.6) is 0 Å². The number of amides is 1. The average molecular weight is 238 g/mol. The van der Waals surface area contributed by atoms with E-state index in [2.05, 4.69) is 18.8 Å². The largest absolute Gasteiger partial charge is 0.337 e. The zero-order valence-electron chi connectivity index (χ0n) is 10.9. The molecular weight excluding hydrogens is 216 g/mol. The average Bonchev–Trinajstić information content (AvgIpc) is 2.78. The van der Waals surface area contributed by atoms with E-state index in [9.17, 15) is 4.79 Å². The van der Waals surface area contributed by atoms with Gasteiger partial charge in [-0.25, -0.2) is 4.98 Å². The Hall–Kier alpha value is -1.36. The Labute approximate surface area is 103 Å². The molecule has 1 rings (SSSR count). The quantitative estimate of drug-likeness (QED) is 0.807. The highest BCUT2D eigenvalue weighted by Crippen LogP contribution is 2.10. The third-order valence-electron chi connectivity index (χ3n) is 3.05. The Bertz CT molecular complexity index is 357. The summed E-state index contributed by atoms with van der Waals surface area (Å²) in [7, 11) is 1.84. The molecule has 1 heterocycles. The molecule has 0 spiro atoms. The van der Waals surface area contributed by atoms with Gasteiger partial charge in [-0.2, -0.15) is 0 Å². The Balaban J connectivity index is 2.73. The Morgan fingerprint density at radius 2 is 2.18 bits per heavy atom. The van der Waals surface area contributed by atoms with Gasteiger partial charge in [-0.3, -0.25) is 4.79 Å². The fourth-order valence-corrected chi connectivity index (χ4v) is 1.92. The second-order valence-electron chi connectivity index (χ2n) is 4.17. The predicted molar refractivity (Wildman–Crippen MR) is 67.7 cm³/mol. The Morgan fingerprint density at radius 3 is 2.71 bits per heavy atom. The lowest BCUT2D eigenvalue weighted by molar-refractivity contribution is 0.0718. The van der Waals surface area contributed by atoms with Crippen molar-refractivity contribution in [2.75, 3.05) is 13.6 Å². The number of carbonyl (C=O) groups excluding carboxylic acids is 1. The fraction of sp³-hybridized carbons (Fsp3) is 0.667. The van der Waals surface area contributed by atoms with Crippen LogP contribution in [0.15, 0.2) is 12.5 Å². The van der Waals surface area contributed by atoms with Gasteiger partial charge in [0.25, 0.3) is 5.91 Å². The highest BCUT2D eigenvalue weighted by molar-refractivity contribution is 5.92. The van der Waals surface area contributed by atoms with Crippen LogP contribution in [0.3, 0.4) is 0 Å². The summed E-state index contributed by atoms with van der Waals surface area (Å²) >= 11 is 0. The summed E-state index contributed by atoms with van der Waals surface area (Å²) in [5.74, 6) is -0.0190. The minimum Gasteiger partial charge on any atom is -0.337 e. The molecule has 0 fully saturated rings. The van der Waals surface area contributed by atoms with Gasteiger partial charge < -0.3 is 15.2 Å². The molecule has 17 heavy (non-hydrogen) atoms. The number of hydrogen-bond acceptors (Lipinski definition) is 3. The molecule has 0 bridgehead atoms. The van der Waals surface area contributed by atoms with Crippen LogP contribution in [0, 0.1) is 0 Å². The van der Waals surface area contributed by atoms with E-state index >= 15 is 0 Å². The summed E-state index contributed by atoms with van der Waals surface area (Å²) in [5, 5.41) is 0. The van der Waals surface area contributed by atoms with E-state index in [1.807, 2.05) is 11.6 Å². The standard InChI is InChI=1S/C12H22N4O/c1-4-10(5-2)15(3)12(17)11-8-16(7-6-13)9-14-11/h8-10H,4-7,13H2,1-3H3. The summed E-state index contributed by atoms with van der Waals surface area (Å²) < 4.78 is 1.84. The maximum Gasteiger partial charge on any atom is 0.274 e. The lowest BCUT2D eigenvalue weighted by atomic mass is 10.1. The van der Waals surface area contributed by atoms with E-state index in [4.69, 9.17) is 5.73 Å². The minimum atomic E-state index is -0.0190. The zero-order valence-corrected chi connectivity index (χ0v) is 10.9. The second kappa shape index (κ2) is 6.39. The van der Waals surface area contributed by atoms with Gasteiger partial charge in [0.1, 0.15) is 5.69 Å². The first-order chi connectivity index (χ1) is 8.13. The van der Waals surface area contributed by atoms with Crippen LogP contribution in [0.4, 0.5) is 0 Å². The van der Waals surface area contributed by atoms with Crippen molar-refractivity contribution < 1.29 is 4.79 Å². The summed E-state index contributed by atoms with van der Waals surface area (Å²) in [6.07, 6.45) is 5.33. The smallest absolute Gasteiger partial charge is 0.274 e. The number of carbonyl (C=O) groups is 1. The molecule has 5 heteroatoms. The van der Waals surface area contributed by atoms with Crippen molar-refractivity contribution in [3.63, 3.8) is 0 Å². The van der Waals surface area contributed by atoms with E-state index in [-0.39, 0.29) is 11.9 Å². The molecule has 2 N–H and O–H groups in total. The van der Waals surface area contributed by atoms with E-state index in [1.54, 1.807) is 17.4 Å². The third kappa shape index (κ3) is 3.30. The van der Waals surface area contributed by atoms with Gasteiger partial charge in [0.15, 0.2) is 0 Å². The predicted octanol–water partition coefficient (Wildman–Crippen LogP) is 1.10. The molecule has 1 amide bonds. The molecule has 0 saturated carbocycles. The van der Waals surface area contributed by atoms with Crippen molar-refractivity contribution in [1.29, 1.82) is 0 Å². The number of imidazole rings is 1. The zero-order chi connectivity index (χ0) is 12.8. The molecule has 5 nitrogen and oxygen atoms in total. The first-order valence-corrected chi connectivity index (χ1v) is 6.13. The molecule has 1 aromatic rings. The van der Waals surface area contributed by atoms with Crippen LogP contribution in [0.25, 0.3) is 0 Å². The molecule has 0 radical (unpaired) electrons. The normalized spacial score (nSPS) is 10.9. The maximum atomic E-state index is 12.1. The van der Waals surface area contributed by atoms with Crippen LogP contribution >= 0.6 is 0 Å². The molecular formula is C12H22N4O. The summed E-state index contributed by atoms with van der Waals surface area (Å²) in [4.78, 5) is 18.0. The van der Waals surface area contributed by atoms with Gasteiger partial charge in [0, 0.05) is 32.4 Å². The lowest BCUT2D eigenvalue weighted by Crippen LogP contribution is -2.36. The van der Waals surface area contributed by atoms with E-state index < -0.39 is 0 Å². The Morgan fingerprint density at radius 1 is 1.53 bits per heavy atom. The number of rotatable bonds is 6. The first-order valence-electron chi connectivity index (χ1n) is 6.13. The summed E-state index contributed by atoms with van der Waals surface area (Å²) in [5.41, 5.74) is 5.95. The third-order valence-corrected chi connectivity index (χ3v) is 3.05. The molecule has 0 aromatic carbocycles. The van der Waals surface area contributed by atoms with Crippen LogP contribution in [0.2, 0.25) is 0 Å². The first kappa shape index (κ1) is 13.7. The van der Waals surface area contributed by atoms with Gasteiger partial charge >= 0.3 is 0 Å². The van der Waals surface area contributed by atoms with Crippen molar-refractivity contribution >= 4 is 5.91 Å². The van der Waals surface area contributed by atoms with E-state index in [0.29, 0.717) is 18.8 Å². The van der Waals surface area contributed by atoms with Crippen LogP contribution in [0.1, 0.15) is 37.2 Å². The lowest BCUT2D eigenvalue weighted by Gasteiger charge is -2.25. The maximum absolute atomic E-state index is 12.1. The van der Waals surface area contributed by atoms with Gasteiger partial charge in [0.05, 0.1) is 6.33 Å². The van der Waals surface area contributed by atoms with E-state index in [0.717, 1.165) is 12.8 Å². The van der Waals surface area contributed by atoms with Crippen molar-refractivity contribution in [2.45, 2.75) is 39.3 Å². The minimum absolute atomic E-state index is 0.0190. The van der Waals surface area contributed by atoms with Crippen LogP contribution in [-0.4, -0.2) is 40.0 Å². The number of aromatic nitrogens is 2. The molecule has 0 atom stereocenters.